The van der Waals surface area contributed by atoms with Crippen LogP contribution in [0.25, 0.3) is 10.9 Å². The molecule has 0 N–H and O–H groups in total. The monoisotopic (exact) mass is 452 g/mol. The Labute approximate surface area is 194 Å². The molecule has 4 rings (SSSR count). The molecule has 32 heavy (non-hydrogen) atoms. The predicted molar refractivity (Wildman–Crippen MR) is 126 cm³/mol. The summed E-state index contributed by atoms with van der Waals surface area (Å²) in [6, 6.07) is 14.0. The Morgan fingerprint density at radius 1 is 1.22 bits per heavy atom. The number of benzene rings is 1. The van der Waals surface area contributed by atoms with Gasteiger partial charge < -0.3 is 9.64 Å². The first kappa shape index (κ1) is 22.6. The van der Waals surface area contributed by atoms with Crippen LogP contribution in [0.15, 0.2) is 54.9 Å². The van der Waals surface area contributed by atoms with Crippen molar-refractivity contribution in [2.45, 2.75) is 33.0 Å². The van der Waals surface area contributed by atoms with E-state index in [4.69, 9.17) is 16.3 Å². The number of amides is 1. The second-order valence-corrected chi connectivity index (χ2v) is 9.05. The molecule has 1 amide bonds. The van der Waals surface area contributed by atoms with Crippen molar-refractivity contribution < 1.29 is 9.53 Å². The summed E-state index contributed by atoms with van der Waals surface area (Å²) in [5.41, 5.74) is 3.01. The first-order chi connectivity index (χ1) is 15.5. The zero-order valence-electron chi connectivity index (χ0n) is 18.6. The van der Waals surface area contributed by atoms with Crippen molar-refractivity contribution in [3.8, 4) is 0 Å². The van der Waals surface area contributed by atoms with E-state index in [0.717, 1.165) is 28.6 Å². The second-order valence-electron chi connectivity index (χ2n) is 8.69. The van der Waals surface area contributed by atoms with E-state index in [1.54, 1.807) is 12.4 Å². The summed E-state index contributed by atoms with van der Waals surface area (Å²) in [5, 5.41) is 1.59. The molecule has 1 aromatic carbocycles. The van der Waals surface area contributed by atoms with Gasteiger partial charge in [-0.15, -0.1) is 0 Å². The molecule has 0 saturated carbocycles. The maximum atomic E-state index is 13.5. The van der Waals surface area contributed by atoms with E-state index >= 15 is 0 Å². The van der Waals surface area contributed by atoms with Crippen LogP contribution in [0.2, 0.25) is 5.15 Å². The molecule has 0 bridgehead atoms. The largest absolute Gasteiger partial charge is 0.366 e. The Bertz CT molecular complexity index is 1070. The van der Waals surface area contributed by atoms with Crippen molar-refractivity contribution in [1.82, 2.24) is 19.8 Å². The first-order valence-electron chi connectivity index (χ1n) is 11.1. The number of fused-ring (bicyclic) bond motifs is 1. The third-order valence-electron chi connectivity index (χ3n) is 5.59. The molecule has 2 aromatic heterocycles. The van der Waals surface area contributed by atoms with Crippen molar-refractivity contribution in [1.29, 1.82) is 0 Å². The van der Waals surface area contributed by atoms with Gasteiger partial charge in [0, 0.05) is 56.1 Å². The van der Waals surface area contributed by atoms with Crippen molar-refractivity contribution in [3.05, 3.63) is 71.1 Å². The Morgan fingerprint density at radius 3 is 2.84 bits per heavy atom. The number of nitrogens with zero attached hydrogens (tertiary/aromatic N) is 4. The van der Waals surface area contributed by atoms with E-state index in [1.165, 1.54) is 0 Å². The third kappa shape index (κ3) is 5.63. The second kappa shape index (κ2) is 10.4. The van der Waals surface area contributed by atoms with E-state index in [2.05, 4.69) is 34.8 Å². The van der Waals surface area contributed by atoms with Crippen LogP contribution < -0.4 is 0 Å². The van der Waals surface area contributed by atoms with Gasteiger partial charge >= 0.3 is 0 Å². The number of carbonyl (C=O) groups excluding carboxylic acids is 1. The normalized spacial score (nSPS) is 17.1. The lowest BCUT2D eigenvalue weighted by atomic mass is 10.1. The highest BCUT2D eigenvalue weighted by molar-refractivity contribution is 6.30. The van der Waals surface area contributed by atoms with Crippen LogP contribution in [0.5, 0.6) is 0 Å². The van der Waals surface area contributed by atoms with Gasteiger partial charge in [-0.05, 0) is 35.7 Å². The van der Waals surface area contributed by atoms with Gasteiger partial charge in [0.25, 0.3) is 5.91 Å². The molecule has 0 radical (unpaired) electrons. The Balaban J connectivity index is 1.47. The van der Waals surface area contributed by atoms with E-state index in [9.17, 15) is 4.79 Å². The molecule has 3 heterocycles. The molecule has 1 aliphatic heterocycles. The fraction of sp³-hybridized carbons (Fsp3) is 0.400. The number of hydrogen-bond donors (Lipinski definition) is 0. The van der Waals surface area contributed by atoms with E-state index in [0.29, 0.717) is 43.9 Å². The summed E-state index contributed by atoms with van der Waals surface area (Å²) in [6.07, 6.45) is 2.99. The van der Waals surface area contributed by atoms with Crippen molar-refractivity contribution in [3.63, 3.8) is 0 Å². The maximum absolute atomic E-state index is 13.5. The molecule has 0 aliphatic carbocycles. The first-order valence-corrected chi connectivity index (χ1v) is 11.4. The molecule has 1 fully saturated rings. The highest BCUT2D eigenvalue weighted by atomic mass is 35.5. The quantitative estimate of drug-likeness (QED) is 0.503. The van der Waals surface area contributed by atoms with Crippen LogP contribution in [0.4, 0.5) is 0 Å². The number of pyridine rings is 2. The van der Waals surface area contributed by atoms with Crippen molar-refractivity contribution >= 4 is 28.4 Å². The molecular formula is C25H29ClN4O2. The predicted octanol–water partition coefficient (Wildman–Crippen LogP) is 4.17. The van der Waals surface area contributed by atoms with E-state index < -0.39 is 6.10 Å². The van der Waals surface area contributed by atoms with Crippen LogP contribution >= 0.6 is 11.6 Å². The molecule has 0 spiro atoms. The number of hydrogen-bond acceptors (Lipinski definition) is 5. The van der Waals surface area contributed by atoms with Gasteiger partial charge in [0.1, 0.15) is 11.3 Å². The van der Waals surface area contributed by atoms with Crippen LogP contribution in [-0.4, -0.2) is 58.0 Å². The van der Waals surface area contributed by atoms with Gasteiger partial charge in [0.2, 0.25) is 0 Å². The molecule has 7 heteroatoms. The van der Waals surface area contributed by atoms with Crippen molar-refractivity contribution in [2.24, 2.45) is 5.92 Å². The average molecular weight is 453 g/mol. The van der Waals surface area contributed by atoms with Gasteiger partial charge in [-0.3, -0.25) is 14.7 Å². The summed E-state index contributed by atoms with van der Waals surface area (Å²) in [4.78, 5) is 26.2. The third-order valence-corrected chi connectivity index (χ3v) is 5.93. The molecule has 6 nitrogen and oxygen atoms in total. The lowest BCUT2D eigenvalue weighted by Crippen LogP contribution is -2.51. The van der Waals surface area contributed by atoms with Gasteiger partial charge in [-0.2, -0.15) is 0 Å². The molecule has 1 atom stereocenters. The lowest BCUT2D eigenvalue weighted by Gasteiger charge is -2.35. The zero-order valence-corrected chi connectivity index (χ0v) is 19.3. The summed E-state index contributed by atoms with van der Waals surface area (Å²) in [7, 11) is 0. The Hall–Kier alpha value is -2.54. The summed E-state index contributed by atoms with van der Waals surface area (Å²) in [5.74, 6) is 0.391. The van der Waals surface area contributed by atoms with Gasteiger partial charge in [0.15, 0.2) is 0 Å². The standard InChI is InChI=1S/C25H29ClN4O2/c1-18(2)14-30(15-19-7-8-22-20(13-19)5-3-9-27-22)25(31)23-17-29(11-12-32-23)16-21-6-4-10-28-24(21)26/h3-10,13,18,23H,11-12,14-17H2,1-2H3/t23-/m1/s1. The lowest BCUT2D eigenvalue weighted by molar-refractivity contribution is -0.151. The number of rotatable bonds is 7. The van der Waals surface area contributed by atoms with Crippen LogP contribution in [0, 0.1) is 5.92 Å². The summed E-state index contributed by atoms with van der Waals surface area (Å²) in [6.45, 7) is 7.96. The highest BCUT2D eigenvalue weighted by Gasteiger charge is 2.31. The molecule has 1 aliphatic rings. The molecule has 1 saturated heterocycles. The SMILES string of the molecule is CC(C)CN(Cc1ccc2ncccc2c1)C(=O)[C@H]1CN(Cc2cccnc2Cl)CCO1. The zero-order chi connectivity index (χ0) is 22.5. The minimum atomic E-state index is -0.486. The van der Waals surface area contributed by atoms with Crippen molar-refractivity contribution in [2.75, 3.05) is 26.2 Å². The van der Waals surface area contributed by atoms with Crippen LogP contribution in [-0.2, 0) is 22.6 Å². The van der Waals surface area contributed by atoms with E-state index in [-0.39, 0.29) is 5.91 Å². The van der Waals surface area contributed by atoms with Gasteiger partial charge in [-0.25, -0.2) is 4.98 Å². The Morgan fingerprint density at radius 2 is 2.03 bits per heavy atom. The van der Waals surface area contributed by atoms with Gasteiger partial charge in [0.05, 0.1) is 12.1 Å². The van der Waals surface area contributed by atoms with Gasteiger partial charge in [-0.1, -0.05) is 43.6 Å². The minimum absolute atomic E-state index is 0.0342. The van der Waals surface area contributed by atoms with Crippen LogP contribution in [0.3, 0.4) is 0 Å². The fourth-order valence-electron chi connectivity index (χ4n) is 4.09. The number of ether oxygens (including phenoxy) is 1. The maximum Gasteiger partial charge on any atom is 0.253 e. The summed E-state index contributed by atoms with van der Waals surface area (Å²) >= 11 is 6.23. The number of aromatic nitrogens is 2. The highest BCUT2D eigenvalue weighted by Crippen LogP contribution is 2.20. The summed E-state index contributed by atoms with van der Waals surface area (Å²) < 4.78 is 5.92. The average Bonchev–Trinajstić information content (AvgIpc) is 2.79. The number of carbonyl (C=O) groups is 1. The number of halogens is 1. The Kier molecular flexibility index (Phi) is 7.35. The molecular weight excluding hydrogens is 424 g/mol. The topological polar surface area (TPSA) is 58.6 Å². The van der Waals surface area contributed by atoms with Crippen LogP contribution in [0.1, 0.15) is 25.0 Å². The number of morpholine rings is 1. The van der Waals surface area contributed by atoms with E-state index in [1.807, 2.05) is 41.3 Å². The molecule has 168 valence electrons. The minimum Gasteiger partial charge on any atom is -0.366 e. The fourth-order valence-corrected chi connectivity index (χ4v) is 4.27. The molecule has 3 aromatic rings. The smallest absolute Gasteiger partial charge is 0.253 e. The molecule has 0 unspecified atom stereocenters.